The topological polar surface area (TPSA) is 12.0 Å². The van der Waals surface area contributed by atoms with Gasteiger partial charge >= 0.3 is 0 Å². The fraction of sp³-hybridized carbons (Fsp3) is 1.00. The summed E-state index contributed by atoms with van der Waals surface area (Å²) in [4.78, 5) is 0. The summed E-state index contributed by atoms with van der Waals surface area (Å²) in [5.74, 6) is 0.910. The van der Waals surface area contributed by atoms with Gasteiger partial charge in [0.15, 0.2) is 0 Å². The molecule has 1 N–H and O–H groups in total. The Morgan fingerprint density at radius 3 is 2.69 bits per heavy atom. The zero-order valence-corrected chi connectivity index (χ0v) is 9.53. The van der Waals surface area contributed by atoms with E-state index >= 15 is 0 Å². The number of piperidine rings is 1. The van der Waals surface area contributed by atoms with E-state index in [2.05, 4.69) is 26.1 Å². The highest BCUT2D eigenvalue weighted by Crippen LogP contribution is 2.36. The molecule has 1 unspecified atom stereocenters. The molecule has 1 heteroatoms. The van der Waals surface area contributed by atoms with Crippen LogP contribution in [0.5, 0.6) is 0 Å². The van der Waals surface area contributed by atoms with E-state index in [0.717, 1.165) is 5.92 Å². The molecule has 1 nitrogen and oxygen atoms in total. The standard InChI is InChI=1S/C12H25N/c1-4-5-8-12(2,3)11-7-6-9-13-10-11/h11,13H,4-10H2,1-3H3. The Bertz CT molecular complexity index is 134. The first kappa shape index (κ1) is 11.0. The lowest BCUT2D eigenvalue weighted by Crippen LogP contribution is -2.38. The van der Waals surface area contributed by atoms with Crippen LogP contribution in [0.25, 0.3) is 0 Å². The summed E-state index contributed by atoms with van der Waals surface area (Å²) < 4.78 is 0. The van der Waals surface area contributed by atoms with Crippen molar-refractivity contribution in [1.29, 1.82) is 0 Å². The first-order chi connectivity index (χ1) is 6.17. The first-order valence-corrected chi connectivity index (χ1v) is 5.87. The predicted octanol–water partition coefficient (Wildman–Crippen LogP) is 3.20. The molecule has 1 heterocycles. The molecule has 0 spiro atoms. The SMILES string of the molecule is CCCCC(C)(C)C1CCCNC1. The van der Waals surface area contributed by atoms with Crippen molar-refractivity contribution in [2.24, 2.45) is 11.3 Å². The van der Waals surface area contributed by atoms with Gasteiger partial charge in [-0.15, -0.1) is 0 Å². The van der Waals surface area contributed by atoms with Crippen LogP contribution in [0.3, 0.4) is 0 Å². The van der Waals surface area contributed by atoms with Crippen LogP contribution in [-0.4, -0.2) is 13.1 Å². The highest BCUT2D eigenvalue weighted by atomic mass is 14.9. The number of nitrogens with one attached hydrogen (secondary N) is 1. The van der Waals surface area contributed by atoms with E-state index in [4.69, 9.17) is 0 Å². The average Bonchev–Trinajstić information content (AvgIpc) is 2.16. The molecule has 0 aromatic rings. The highest BCUT2D eigenvalue weighted by molar-refractivity contribution is 4.82. The van der Waals surface area contributed by atoms with Crippen LogP contribution in [0.4, 0.5) is 0 Å². The summed E-state index contributed by atoms with van der Waals surface area (Å²) in [6, 6.07) is 0. The molecule has 1 saturated heterocycles. The summed E-state index contributed by atoms with van der Waals surface area (Å²) in [7, 11) is 0. The monoisotopic (exact) mass is 183 g/mol. The van der Waals surface area contributed by atoms with Gasteiger partial charge in [-0.25, -0.2) is 0 Å². The van der Waals surface area contributed by atoms with Crippen molar-refractivity contribution in [3.05, 3.63) is 0 Å². The van der Waals surface area contributed by atoms with Gasteiger partial charge in [0.1, 0.15) is 0 Å². The Kier molecular flexibility index (Phi) is 4.24. The minimum atomic E-state index is 0.559. The molecule has 13 heavy (non-hydrogen) atoms. The lowest BCUT2D eigenvalue weighted by molar-refractivity contribution is 0.154. The Balaban J connectivity index is 2.36. The molecule has 0 saturated carbocycles. The second-order valence-corrected chi connectivity index (χ2v) is 5.14. The fourth-order valence-electron chi connectivity index (χ4n) is 2.36. The van der Waals surface area contributed by atoms with E-state index < -0.39 is 0 Å². The molecule has 78 valence electrons. The zero-order valence-electron chi connectivity index (χ0n) is 9.53. The third-order valence-corrected chi connectivity index (χ3v) is 3.58. The van der Waals surface area contributed by atoms with E-state index in [-0.39, 0.29) is 0 Å². The Morgan fingerprint density at radius 2 is 2.15 bits per heavy atom. The normalized spacial score (nSPS) is 24.7. The third-order valence-electron chi connectivity index (χ3n) is 3.58. The lowest BCUT2D eigenvalue weighted by Gasteiger charge is -2.37. The molecule has 0 bridgehead atoms. The first-order valence-electron chi connectivity index (χ1n) is 5.87. The molecule has 1 atom stereocenters. The van der Waals surface area contributed by atoms with Crippen molar-refractivity contribution in [2.75, 3.05) is 13.1 Å². The zero-order chi connectivity index (χ0) is 9.73. The van der Waals surface area contributed by atoms with Crippen LogP contribution in [0.15, 0.2) is 0 Å². The number of unbranched alkanes of at least 4 members (excludes halogenated alkanes) is 1. The molecular formula is C12H25N. The highest BCUT2D eigenvalue weighted by Gasteiger charge is 2.29. The Hall–Kier alpha value is -0.0400. The fourth-order valence-corrected chi connectivity index (χ4v) is 2.36. The largest absolute Gasteiger partial charge is 0.316 e. The van der Waals surface area contributed by atoms with Gasteiger partial charge in [-0.2, -0.15) is 0 Å². The van der Waals surface area contributed by atoms with Gasteiger partial charge in [0.05, 0.1) is 0 Å². The molecule has 0 aromatic heterocycles. The van der Waals surface area contributed by atoms with Crippen LogP contribution < -0.4 is 5.32 Å². The van der Waals surface area contributed by atoms with Gasteiger partial charge in [0.2, 0.25) is 0 Å². The molecule has 0 aromatic carbocycles. The van der Waals surface area contributed by atoms with Crippen molar-refractivity contribution in [3.8, 4) is 0 Å². The number of rotatable bonds is 4. The maximum Gasteiger partial charge on any atom is -0.00154 e. The summed E-state index contributed by atoms with van der Waals surface area (Å²) in [5.41, 5.74) is 0.559. The Morgan fingerprint density at radius 1 is 1.38 bits per heavy atom. The van der Waals surface area contributed by atoms with Crippen molar-refractivity contribution in [3.63, 3.8) is 0 Å². The minimum Gasteiger partial charge on any atom is -0.316 e. The summed E-state index contributed by atoms with van der Waals surface area (Å²) >= 11 is 0. The van der Waals surface area contributed by atoms with Crippen molar-refractivity contribution in [1.82, 2.24) is 5.32 Å². The van der Waals surface area contributed by atoms with Gasteiger partial charge < -0.3 is 5.32 Å². The van der Waals surface area contributed by atoms with E-state index in [1.807, 2.05) is 0 Å². The lowest BCUT2D eigenvalue weighted by atomic mass is 9.72. The summed E-state index contributed by atoms with van der Waals surface area (Å²) in [6.45, 7) is 9.66. The quantitative estimate of drug-likeness (QED) is 0.705. The van der Waals surface area contributed by atoms with Gasteiger partial charge in [0.25, 0.3) is 0 Å². The van der Waals surface area contributed by atoms with Crippen molar-refractivity contribution in [2.45, 2.75) is 52.9 Å². The molecule has 1 rings (SSSR count). The average molecular weight is 183 g/mol. The van der Waals surface area contributed by atoms with Gasteiger partial charge in [0, 0.05) is 0 Å². The van der Waals surface area contributed by atoms with Gasteiger partial charge in [-0.05, 0) is 43.7 Å². The van der Waals surface area contributed by atoms with Crippen LogP contribution in [0.2, 0.25) is 0 Å². The van der Waals surface area contributed by atoms with Gasteiger partial charge in [-0.3, -0.25) is 0 Å². The molecule has 1 aliphatic heterocycles. The molecule has 0 aliphatic carbocycles. The maximum atomic E-state index is 3.52. The smallest absolute Gasteiger partial charge is 0.00154 e. The molecule has 1 aliphatic rings. The van der Waals surface area contributed by atoms with Crippen LogP contribution in [0.1, 0.15) is 52.9 Å². The van der Waals surface area contributed by atoms with E-state index in [1.54, 1.807) is 0 Å². The van der Waals surface area contributed by atoms with Crippen molar-refractivity contribution < 1.29 is 0 Å². The summed E-state index contributed by atoms with van der Waals surface area (Å²) in [5, 5.41) is 3.52. The number of hydrogen-bond donors (Lipinski definition) is 1. The van der Waals surface area contributed by atoms with E-state index in [1.165, 1.54) is 45.2 Å². The van der Waals surface area contributed by atoms with Crippen LogP contribution in [-0.2, 0) is 0 Å². The van der Waals surface area contributed by atoms with Crippen LogP contribution >= 0.6 is 0 Å². The van der Waals surface area contributed by atoms with E-state index in [9.17, 15) is 0 Å². The summed E-state index contributed by atoms with van der Waals surface area (Å²) in [6.07, 6.45) is 6.94. The van der Waals surface area contributed by atoms with Crippen LogP contribution in [0, 0.1) is 11.3 Å². The number of hydrogen-bond acceptors (Lipinski definition) is 1. The molecule has 1 fully saturated rings. The Labute approximate surface area is 83.3 Å². The maximum absolute atomic E-state index is 3.52. The second kappa shape index (κ2) is 4.99. The third kappa shape index (κ3) is 3.30. The second-order valence-electron chi connectivity index (χ2n) is 5.14. The van der Waals surface area contributed by atoms with Gasteiger partial charge in [-0.1, -0.05) is 33.6 Å². The molecular weight excluding hydrogens is 158 g/mol. The van der Waals surface area contributed by atoms with Crippen molar-refractivity contribution >= 4 is 0 Å². The molecule has 0 radical (unpaired) electrons. The molecule has 0 amide bonds. The van der Waals surface area contributed by atoms with E-state index in [0.29, 0.717) is 5.41 Å². The predicted molar refractivity (Wildman–Crippen MR) is 58.9 cm³/mol. The minimum absolute atomic E-state index is 0.559.